The first-order valence-electron chi connectivity index (χ1n) is 5.17. The zero-order chi connectivity index (χ0) is 11.2. The molecule has 0 saturated heterocycles. The van der Waals surface area contributed by atoms with E-state index in [1.54, 1.807) is 6.20 Å². The molecule has 16 heavy (non-hydrogen) atoms. The molecule has 0 unspecified atom stereocenters. The highest BCUT2D eigenvalue weighted by molar-refractivity contribution is 5.47. The van der Waals surface area contributed by atoms with E-state index in [4.69, 9.17) is 5.73 Å². The number of H-pyrrole nitrogens is 3. The molecular formula is C9H12N6O. The van der Waals surface area contributed by atoms with Gasteiger partial charge in [0.1, 0.15) is 11.5 Å². The van der Waals surface area contributed by atoms with E-state index in [2.05, 4.69) is 25.1 Å². The summed E-state index contributed by atoms with van der Waals surface area (Å²) in [5.74, 6) is 1.21. The van der Waals surface area contributed by atoms with Crippen LogP contribution in [0.25, 0.3) is 11.5 Å². The van der Waals surface area contributed by atoms with Gasteiger partial charge in [-0.3, -0.25) is 4.98 Å². The van der Waals surface area contributed by atoms with Crippen molar-refractivity contribution in [1.82, 2.24) is 25.1 Å². The molecule has 7 heteroatoms. The molecule has 0 spiro atoms. The van der Waals surface area contributed by atoms with E-state index in [0.717, 1.165) is 25.1 Å². The molecule has 0 atom stereocenters. The number of aromatic nitrogens is 5. The third kappa shape index (κ3) is 1.28. The molecule has 2 aromatic heterocycles. The molecule has 0 radical (unpaired) electrons. The Morgan fingerprint density at radius 2 is 2.19 bits per heavy atom. The molecule has 2 aromatic rings. The maximum absolute atomic E-state index is 10.9. The van der Waals surface area contributed by atoms with Gasteiger partial charge in [-0.1, -0.05) is 0 Å². The van der Waals surface area contributed by atoms with E-state index in [9.17, 15) is 4.79 Å². The van der Waals surface area contributed by atoms with Gasteiger partial charge in [0.15, 0.2) is 5.82 Å². The molecule has 5 N–H and O–H groups in total. The summed E-state index contributed by atoms with van der Waals surface area (Å²) in [7, 11) is 0. The second kappa shape index (κ2) is 3.05. The zero-order valence-corrected chi connectivity index (χ0v) is 8.58. The maximum atomic E-state index is 10.9. The minimum atomic E-state index is -0.336. The van der Waals surface area contributed by atoms with Crippen LogP contribution >= 0.6 is 0 Å². The Morgan fingerprint density at radius 3 is 2.75 bits per heavy atom. The Morgan fingerprint density at radius 1 is 1.38 bits per heavy atom. The van der Waals surface area contributed by atoms with E-state index < -0.39 is 0 Å². The molecule has 0 aliphatic heterocycles. The van der Waals surface area contributed by atoms with Crippen LogP contribution < -0.4 is 11.4 Å². The summed E-state index contributed by atoms with van der Waals surface area (Å²) in [6.07, 6.45) is 4.65. The van der Waals surface area contributed by atoms with Gasteiger partial charge in [0.2, 0.25) is 0 Å². The largest absolute Gasteiger partial charge is 0.340 e. The molecule has 7 nitrogen and oxygen atoms in total. The van der Waals surface area contributed by atoms with Gasteiger partial charge in [0.05, 0.1) is 11.7 Å². The monoisotopic (exact) mass is 220 g/mol. The lowest BCUT2D eigenvalue weighted by atomic mass is 9.77. The van der Waals surface area contributed by atoms with E-state index >= 15 is 0 Å². The van der Waals surface area contributed by atoms with Crippen molar-refractivity contribution in [2.45, 2.75) is 24.8 Å². The van der Waals surface area contributed by atoms with E-state index in [1.165, 1.54) is 0 Å². The third-order valence-electron chi connectivity index (χ3n) is 3.05. The van der Waals surface area contributed by atoms with Crippen LogP contribution in [0.1, 0.15) is 25.1 Å². The Bertz CT molecular complexity index is 560. The number of nitrogens with one attached hydrogen (secondary N) is 3. The summed E-state index contributed by atoms with van der Waals surface area (Å²) in [5.41, 5.74) is 6.14. The first-order valence-corrected chi connectivity index (χ1v) is 5.17. The molecule has 3 rings (SSSR count). The number of hydrogen-bond acceptors (Lipinski definition) is 4. The Hall–Kier alpha value is -1.89. The van der Waals surface area contributed by atoms with E-state index in [-0.39, 0.29) is 11.2 Å². The van der Waals surface area contributed by atoms with E-state index in [1.807, 2.05) is 0 Å². The smallest absolute Gasteiger partial charge is 0.338 e. The van der Waals surface area contributed by atoms with Crippen LogP contribution in [0.3, 0.4) is 0 Å². The molecule has 1 fully saturated rings. The molecule has 1 saturated carbocycles. The SMILES string of the molecule is NC1(c2ncc(-c3n[nH]c(=O)[nH]3)[nH]2)CCC1. The first-order chi connectivity index (χ1) is 7.67. The summed E-state index contributed by atoms with van der Waals surface area (Å²) < 4.78 is 0. The van der Waals surface area contributed by atoms with Gasteiger partial charge < -0.3 is 10.7 Å². The van der Waals surface area contributed by atoms with Crippen LogP contribution in [0.15, 0.2) is 11.0 Å². The normalized spacial score (nSPS) is 18.3. The molecule has 84 valence electrons. The average Bonchev–Trinajstić information content (AvgIpc) is 2.82. The number of aromatic amines is 3. The fourth-order valence-electron chi connectivity index (χ4n) is 1.89. The quantitative estimate of drug-likeness (QED) is 0.562. The standard InChI is InChI=1S/C9H12N6O/c10-9(2-1-3-9)7-11-4-5(12-7)6-13-8(16)15-14-6/h4H,1-3,10H2,(H,11,12)(H2,13,14,15,16). The predicted octanol–water partition coefficient (Wildman–Crippen LogP) is -0.174. The highest BCUT2D eigenvalue weighted by Gasteiger charge is 2.37. The van der Waals surface area contributed by atoms with Gasteiger partial charge in [-0.25, -0.2) is 14.9 Å². The summed E-state index contributed by atoms with van der Waals surface area (Å²) >= 11 is 0. The van der Waals surface area contributed by atoms with Crippen molar-refractivity contribution >= 4 is 0 Å². The third-order valence-corrected chi connectivity index (χ3v) is 3.05. The van der Waals surface area contributed by atoms with Gasteiger partial charge in [0, 0.05) is 0 Å². The van der Waals surface area contributed by atoms with Crippen molar-refractivity contribution < 1.29 is 0 Å². The lowest BCUT2D eigenvalue weighted by molar-refractivity contribution is 0.240. The van der Waals surface area contributed by atoms with E-state index in [0.29, 0.717) is 11.5 Å². The van der Waals surface area contributed by atoms with Crippen molar-refractivity contribution in [1.29, 1.82) is 0 Å². The summed E-state index contributed by atoms with van der Waals surface area (Å²) in [5, 5.41) is 6.12. The van der Waals surface area contributed by atoms with Gasteiger partial charge >= 0.3 is 5.69 Å². The fraction of sp³-hybridized carbons (Fsp3) is 0.444. The lowest BCUT2D eigenvalue weighted by Crippen LogP contribution is -2.44. The average molecular weight is 220 g/mol. The van der Waals surface area contributed by atoms with Gasteiger partial charge in [0.25, 0.3) is 0 Å². The second-order valence-electron chi connectivity index (χ2n) is 4.18. The summed E-state index contributed by atoms with van der Waals surface area (Å²) in [6.45, 7) is 0. The minimum absolute atomic E-state index is 0.325. The highest BCUT2D eigenvalue weighted by Crippen LogP contribution is 2.37. The summed E-state index contributed by atoms with van der Waals surface area (Å²) in [6, 6.07) is 0. The number of nitrogens with zero attached hydrogens (tertiary/aromatic N) is 2. The topological polar surface area (TPSA) is 116 Å². The van der Waals surface area contributed by atoms with Crippen molar-refractivity contribution in [3.63, 3.8) is 0 Å². The van der Waals surface area contributed by atoms with Crippen LogP contribution in [0, 0.1) is 0 Å². The van der Waals surface area contributed by atoms with Crippen LogP contribution in [-0.4, -0.2) is 25.1 Å². The van der Waals surface area contributed by atoms with Crippen LogP contribution in [0.5, 0.6) is 0 Å². The number of rotatable bonds is 2. The zero-order valence-electron chi connectivity index (χ0n) is 8.58. The van der Waals surface area contributed by atoms with Crippen molar-refractivity contribution in [2.75, 3.05) is 0 Å². The van der Waals surface area contributed by atoms with Crippen LogP contribution in [0.4, 0.5) is 0 Å². The molecular weight excluding hydrogens is 208 g/mol. The molecule has 1 aliphatic carbocycles. The minimum Gasteiger partial charge on any atom is -0.338 e. The van der Waals surface area contributed by atoms with Crippen molar-refractivity contribution in [3.05, 3.63) is 22.5 Å². The molecule has 2 heterocycles. The lowest BCUT2D eigenvalue weighted by Gasteiger charge is -2.35. The van der Waals surface area contributed by atoms with Crippen LogP contribution in [-0.2, 0) is 5.54 Å². The Labute approximate surface area is 90.5 Å². The van der Waals surface area contributed by atoms with Gasteiger partial charge in [-0.05, 0) is 19.3 Å². The molecule has 0 aromatic carbocycles. The van der Waals surface area contributed by atoms with Crippen molar-refractivity contribution in [2.24, 2.45) is 5.73 Å². The maximum Gasteiger partial charge on any atom is 0.340 e. The molecule has 1 aliphatic rings. The predicted molar refractivity (Wildman–Crippen MR) is 56.5 cm³/mol. The molecule has 0 amide bonds. The van der Waals surface area contributed by atoms with Gasteiger partial charge in [-0.2, -0.15) is 5.10 Å². The van der Waals surface area contributed by atoms with Gasteiger partial charge in [-0.15, -0.1) is 0 Å². The number of imidazole rings is 1. The Balaban J connectivity index is 1.96. The van der Waals surface area contributed by atoms with Crippen LogP contribution in [0.2, 0.25) is 0 Å². The molecule has 0 bridgehead atoms. The highest BCUT2D eigenvalue weighted by atomic mass is 16.1. The van der Waals surface area contributed by atoms with Crippen molar-refractivity contribution in [3.8, 4) is 11.5 Å². The summed E-state index contributed by atoms with van der Waals surface area (Å²) in [4.78, 5) is 20.8. The number of hydrogen-bond donors (Lipinski definition) is 4. The number of nitrogens with two attached hydrogens (primary N) is 1. The Kier molecular flexibility index (Phi) is 1.78. The first kappa shape index (κ1) is 9.34. The second-order valence-corrected chi connectivity index (χ2v) is 4.18. The fourth-order valence-corrected chi connectivity index (χ4v) is 1.89.